The Labute approximate surface area is 64.6 Å². The van der Waals surface area contributed by atoms with Crippen molar-refractivity contribution in [1.29, 1.82) is 0 Å². The minimum atomic E-state index is 0.291. The Morgan fingerprint density at radius 2 is 1.90 bits per heavy atom. The molecule has 2 heteroatoms. The third-order valence-electron chi connectivity index (χ3n) is 1.38. The summed E-state index contributed by atoms with van der Waals surface area (Å²) in [6, 6.07) is 0.500. The Morgan fingerprint density at radius 3 is 2.00 bits per heavy atom. The Morgan fingerprint density at radius 1 is 1.40 bits per heavy atom. The first-order valence-corrected chi connectivity index (χ1v) is 4.13. The van der Waals surface area contributed by atoms with Crippen molar-refractivity contribution in [2.75, 3.05) is 13.7 Å². The highest BCUT2D eigenvalue weighted by molar-refractivity contribution is 4.59. The van der Waals surface area contributed by atoms with Crippen LogP contribution in [-0.2, 0) is 0 Å². The molecule has 0 aromatic carbocycles. The minimum absolute atomic E-state index is 0.291. The standard InChI is InChI=1S/C6H15NO.C2H6/c1-3-6(7-2)4-5-8;1-2/h6-8H,3-5H2,1-2H3;1-2H3. The van der Waals surface area contributed by atoms with Crippen LogP contribution < -0.4 is 5.32 Å². The first kappa shape index (κ1) is 12.6. The maximum Gasteiger partial charge on any atom is 0.0445 e. The van der Waals surface area contributed by atoms with Crippen LogP contribution in [0.2, 0.25) is 0 Å². The van der Waals surface area contributed by atoms with Gasteiger partial charge in [-0.05, 0) is 19.9 Å². The van der Waals surface area contributed by atoms with Crippen LogP contribution in [0.3, 0.4) is 0 Å². The van der Waals surface area contributed by atoms with Gasteiger partial charge in [-0.2, -0.15) is 0 Å². The average Bonchev–Trinajstić information content (AvgIpc) is 2.04. The molecule has 0 rings (SSSR count). The van der Waals surface area contributed by atoms with E-state index in [1.165, 1.54) is 0 Å². The zero-order valence-corrected chi connectivity index (χ0v) is 7.65. The lowest BCUT2D eigenvalue weighted by atomic mass is 10.2. The maximum atomic E-state index is 8.46. The smallest absolute Gasteiger partial charge is 0.0445 e. The van der Waals surface area contributed by atoms with Gasteiger partial charge in [-0.1, -0.05) is 20.8 Å². The quantitative estimate of drug-likeness (QED) is 0.630. The van der Waals surface area contributed by atoms with E-state index in [2.05, 4.69) is 12.2 Å². The second kappa shape index (κ2) is 11.7. The molecule has 2 N–H and O–H groups in total. The topological polar surface area (TPSA) is 32.3 Å². The highest BCUT2D eigenvalue weighted by Crippen LogP contribution is 1.93. The second-order valence-corrected chi connectivity index (χ2v) is 1.91. The summed E-state index contributed by atoms with van der Waals surface area (Å²) in [4.78, 5) is 0. The summed E-state index contributed by atoms with van der Waals surface area (Å²) in [5.74, 6) is 0. The normalized spacial score (nSPS) is 11.7. The molecule has 0 radical (unpaired) electrons. The molecule has 0 amide bonds. The fourth-order valence-corrected chi connectivity index (χ4v) is 0.708. The van der Waals surface area contributed by atoms with Gasteiger partial charge in [-0.3, -0.25) is 0 Å². The Kier molecular flexibility index (Phi) is 14.7. The molecule has 0 aliphatic carbocycles. The number of aliphatic hydroxyl groups excluding tert-OH is 1. The summed E-state index contributed by atoms with van der Waals surface area (Å²) in [5, 5.41) is 11.6. The van der Waals surface area contributed by atoms with Crippen molar-refractivity contribution in [3.05, 3.63) is 0 Å². The van der Waals surface area contributed by atoms with Gasteiger partial charge in [-0.15, -0.1) is 0 Å². The second-order valence-electron chi connectivity index (χ2n) is 1.91. The molecule has 10 heavy (non-hydrogen) atoms. The number of nitrogens with one attached hydrogen (secondary N) is 1. The summed E-state index contributed by atoms with van der Waals surface area (Å²) >= 11 is 0. The van der Waals surface area contributed by atoms with E-state index in [4.69, 9.17) is 5.11 Å². The molecule has 0 aromatic rings. The highest BCUT2D eigenvalue weighted by atomic mass is 16.3. The molecule has 0 aromatic heterocycles. The molecule has 0 heterocycles. The van der Waals surface area contributed by atoms with E-state index in [1.54, 1.807) is 0 Å². The van der Waals surface area contributed by atoms with E-state index in [-0.39, 0.29) is 0 Å². The SMILES string of the molecule is CC.CCC(CCO)NC. The average molecular weight is 147 g/mol. The molecule has 1 atom stereocenters. The van der Waals surface area contributed by atoms with Gasteiger partial charge in [0.05, 0.1) is 0 Å². The largest absolute Gasteiger partial charge is 0.396 e. The number of aliphatic hydroxyl groups is 1. The lowest BCUT2D eigenvalue weighted by molar-refractivity contribution is 0.266. The summed E-state index contributed by atoms with van der Waals surface area (Å²) in [6.07, 6.45) is 1.96. The predicted molar refractivity (Wildman–Crippen MR) is 46.2 cm³/mol. The van der Waals surface area contributed by atoms with Gasteiger partial charge < -0.3 is 10.4 Å². The molecule has 0 saturated carbocycles. The lowest BCUT2D eigenvalue weighted by Gasteiger charge is -2.10. The Balaban J connectivity index is 0. The van der Waals surface area contributed by atoms with Crippen molar-refractivity contribution in [3.63, 3.8) is 0 Å². The van der Waals surface area contributed by atoms with E-state index in [0.29, 0.717) is 12.6 Å². The zero-order valence-electron chi connectivity index (χ0n) is 7.65. The summed E-state index contributed by atoms with van der Waals surface area (Å²) in [7, 11) is 1.92. The van der Waals surface area contributed by atoms with E-state index >= 15 is 0 Å². The van der Waals surface area contributed by atoms with Crippen molar-refractivity contribution < 1.29 is 5.11 Å². The summed E-state index contributed by atoms with van der Waals surface area (Å²) in [6.45, 7) is 6.40. The molecule has 0 saturated heterocycles. The van der Waals surface area contributed by atoms with Crippen LogP contribution in [0.15, 0.2) is 0 Å². The minimum Gasteiger partial charge on any atom is -0.396 e. The van der Waals surface area contributed by atoms with E-state index in [1.807, 2.05) is 20.9 Å². The highest BCUT2D eigenvalue weighted by Gasteiger charge is 1.98. The van der Waals surface area contributed by atoms with Gasteiger partial charge in [0, 0.05) is 12.6 Å². The van der Waals surface area contributed by atoms with Crippen LogP contribution in [0.1, 0.15) is 33.6 Å². The van der Waals surface area contributed by atoms with Gasteiger partial charge in [0.15, 0.2) is 0 Å². The third-order valence-corrected chi connectivity index (χ3v) is 1.38. The number of hydrogen-bond donors (Lipinski definition) is 2. The molecule has 2 nitrogen and oxygen atoms in total. The van der Waals surface area contributed by atoms with Gasteiger partial charge >= 0.3 is 0 Å². The molecule has 0 fully saturated rings. The van der Waals surface area contributed by atoms with Crippen LogP contribution in [-0.4, -0.2) is 24.8 Å². The van der Waals surface area contributed by atoms with Gasteiger partial charge in [0.2, 0.25) is 0 Å². The monoisotopic (exact) mass is 147 g/mol. The van der Waals surface area contributed by atoms with Crippen LogP contribution in [0, 0.1) is 0 Å². The fraction of sp³-hybridized carbons (Fsp3) is 1.00. The van der Waals surface area contributed by atoms with Crippen molar-refractivity contribution in [3.8, 4) is 0 Å². The van der Waals surface area contributed by atoms with Crippen molar-refractivity contribution in [2.24, 2.45) is 0 Å². The predicted octanol–water partition coefficient (Wildman–Crippen LogP) is 1.39. The molecule has 0 bridgehead atoms. The van der Waals surface area contributed by atoms with Gasteiger partial charge in [0.25, 0.3) is 0 Å². The van der Waals surface area contributed by atoms with Crippen LogP contribution in [0.5, 0.6) is 0 Å². The van der Waals surface area contributed by atoms with Gasteiger partial charge in [-0.25, -0.2) is 0 Å². The van der Waals surface area contributed by atoms with Crippen molar-refractivity contribution in [2.45, 2.75) is 39.7 Å². The molecular weight excluding hydrogens is 126 g/mol. The maximum absolute atomic E-state index is 8.46. The molecule has 0 aliphatic rings. The molecule has 64 valence electrons. The van der Waals surface area contributed by atoms with Gasteiger partial charge in [0.1, 0.15) is 0 Å². The molecule has 0 spiro atoms. The third kappa shape index (κ3) is 7.92. The van der Waals surface area contributed by atoms with Crippen LogP contribution >= 0.6 is 0 Å². The fourth-order valence-electron chi connectivity index (χ4n) is 0.708. The van der Waals surface area contributed by atoms with Crippen molar-refractivity contribution in [1.82, 2.24) is 5.32 Å². The number of hydrogen-bond acceptors (Lipinski definition) is 2. The Bertz CT molecular complexity index is 44.5. The first-order valence-electron chi connectivity index (χ1n) is 4.13. The number of rotatable bonds is 4. The van der Waals surface area contributed by atoms with Crippen LogP contribution in [0.4, 0.5) is 0 Å². The van der Waals surface area contributed by atoms with Crippen molar-refractivity contribution >= 4 is 0 Å². The van der Waals surface area contributed by atoms with E-state index in [9.17, 15) is 0 Å². The van der Waals surface area contributed by atoms with Crippen LogP contribution in [0.25, 0.3) is 0 Å². The molecular formula is C8H21NO. The lowest BCUT2D eigenvalue weighted by Crippen LogP contribution is -2.24. The molecule has 1 unspecified atom stereocenters. The zero-order chi connectivity index (χ0) is 8.41. The van der Waals surface area contributed by atoms with E-state index in [0.717, 1.165) is 12.8 Å². The Hall–Kier alpha value is -0.0800. The molecule has 0 aliphatic heterocycles. The summed E-state index contributed by atoms with van der Waals surface area (Å²) < 4.78 is 0. The van der Waals surface area contributed by atoms with E-state index < -0.39 is 0 Å². The first-order chi connectivity index (χ1) is 4.85. The summed E-state index contributed by atoms with van der Waals surface area (Å²) in [5.41, 5.74) is 0.